The summed E-state index contributed by atoms with van der Waals surface area (Å²) in [6.45, 7) is -0.771. The van der Waals surface area contributed by atoms with E-state index in [1.165, 1.54) is 12.1 Å². The molecule has 1 aliphatic rings. The van der Waals surface area contributed by atoms with Crippen molar-refractivity contribution in [2.45, 2.75) is 6.61 Å². The summed E-state index contributed by atoms with van der Waals surface area (Å²) in [6.07, 6.45) is 0. The number of benzene rings is 2. The zero-order valence-corrected chi connectivity index (χ0v) is 15.0. The SMILES string of the molecule is O=C(CN1C(=O)c2ccccc2C1=O)OCc1nc(-c2ccc(Cl)cc2)no1. The Morgan fingerprint density at radius 1 is 1.04 bits per heavy atom. The Balaban J connectivity index is 1.36. The lowest BCUT2D eigenvalue weighted by Crippen LogP contribution is -2.35. The van der Waals surface area contributed by atoms with Crippen LogP contribution in [0, 0.1) is 0 Å². The number of ether oxygens (including phenoxy) is 1. The average molecular weight is 398 g/mol. The molecule has 2 aromatic carbocycles. The second-order valence-electron chi connectivity index (χ2n) is 5.92. The van der Waals surface area contributed by atoms with Gasteiger partial charge in [-0.15, -0.1) is 0 Å². The highest BCUT2D eigenvalue weighted by Crippen LogP contribution is 2.22. The quantitative estimate of drug-likeness (QED) is 0.481. The largest absolute Gasteiger partial charge is 0.454 e. The summed E-state index contributed by atoms with van der Waals surface area (Å²) in [5, 5.41) is 4.39. The third-order valence-electron chi connectivity index (χ3n) is 4.09. The first kappa shape index (κ1) is 17.9. The van der Waals surface area contributed by atoms with Crippen LogP contribution in [0.1, 0.15) is 26.6 Å². The molecule has 0 N–H and O–H groups in total. The van der Waals surface area contributed by atoms with Gasteiger partial charge in [-0.3, -0.25) is 19.3 Å². The first-order chi connectivity index (χ1) is 13.5. The highest BCUT2D eigenvalue weighted by Gasteiger charge is 2.36. The fourth-order valence-corrected chi connectivity index (χ4v) is 2.86. The lowest BCUT2D eigenvalue weighted by molar-refractivity contribution is -0.146. The molecule has 0 bridgehead atoms. The van der Waals surface area contributed by atoms with Crippen LogP contribution in [-0.4, -0.2) is 39.4 Å². The van der Waals surface area contributed by atoms with Crippen LogP contribution in [0.3, 0.4) is 0 Å². The Morgan fingerprint density at radius 3 is 2.32 bits per heavy atom. The number of hydrogen-bond donors (Lipinski definition) is 0. The van der Waals surface area contributed by atoms with Gasteiger partial charge in [0, 0.05) is 10.6 Å². The Kier molecular flexibility index (Phi) is 4.62. The Labute approximate surface area is 163 Å². The number of halogens is 1. The standard InChI is InChI=1S/C19H12ClN3O5/c20-12-7-5-11(6-8-12)17-21-15(28-22-17)10-27-16(24)9-23-18(25)13-3-1-2-4-14(13)19(23)26/h1-8H,9-10H2. The van der Waals surface area contributed by atoms with Crippen LogP contribution >= 0.6 is 11.6 Å². The van der Waals surface area contributed by atoms with Crippen molar-refractivity contribution in [3.8, 4) is 11.4 Å². The Morgan fingerprint density at radius 2 is 1.68 bits per heavy atom. The molecule has 2 heterocycles. The fraction of sp³-hybridized carbons (Fsp3) is 0.105. The van der Waals surface area contributed by atoms with Crippen molar-refractivity contribution in [1.29, 1.82) is 0 Å². The fourth-order valence-electron chi connectivity index (χ4n) is 2.73. The van der Waals surface area contributed by atoms with Gasteiger partial charge in [-0.2, -0.15) is 4.98 Å². The minimum Gasteiger partial charge on any atom is -0.454 e. The van der Waals surface area contributed by atoms with Crippen molar-refractivity contribution >= 4 is 29.4 Å². The molecule has 4 rings (SSSR count). The highest BCUT2D eigenvalue weighted by atomic mass is 35.5. The molecule has 0 fully saturated rings. The lowest BCUT2D eigenvalue weighted by Gasteiger charge is -2.12. The Hall–Kier alpha value is -3.52. The normalized spacial score (nSPS) is 13.0. The Bertz CT molecular complexity index is 1040. The summed E-state index contributed by atoms with van der Waals surface area (Å²) >= 11 is 5.84. The molecule has 9 heteroatoms. The number of fused-ring (bicyclic) bond motifs is 1. The predicted molar refractivity (Wildman–Crippen MR) is 96.3 cm³/mol. The van der Waals surface area contributed by atoms with Crippen LogP contribution in [0.25, 0.3) is 11.4 Å². The summed E-state index contributed by atoms with van der Waals surface area (Å²) in [5.74, 6) is -1.41. The van der Waals surface area contributed by atoms with Crippen molar-refractivity contribution in [2.24, 2.45) is 0 Å². The number of carbonyl (C=O) groups is 3. The van der Waals surface area contributed by atoms with Gasteiger partial charge in [0.25, 0.3) is 17.7 Å². The van der Waals surface area contributed by atoms with Gasteiger partial charge in [-0.25, -0.2) is 0 Å². The summed E-state index contributed by atoms with van der Waals surface area (Å²) in [7, 11) is 0. The summed E-state index contributed by atoms with van der Waals surface area (Å²) in [4.78, 5) is 41.5. The molecule has 0 saturated heterocycles. The minimum absolute atomic E-state index is 0.0839. The van der Waals surface area contributed by atoms with E-state index in [-0.39, 0.29) is 23.6 Å². The minimum atomic E-state index is -0.763. The third-order valence-corrected chi connectivity index (χ3v) is 4.34. The molecular formula is C19H12ClN3O5. The van der Waals surface area contributed by atoms with Crippen molar-refractivity contribution in [3.63, 3.8) is 0 Å². The van der Waals surface area contributed by atoms with E-state index < -0.39 is 24.3 Å². The number of nitrogens with zero attached hydrogens (tertiary/aromatic N) is 3. The molecule has 140 valence electrons. The van der Waals surface area contributed by atoms with Crippen LogP contribution in [0.2, 0.25) is 5.02 Å². The lowest BCUT2D eigenvalue weighted by atomic mass is 10.1. The smallest absolute Gasteiger partial charge is 0.326 e. The van der Waals surface area contributed by atoms with Gasteiger partial charge in [-0.1, -0.05) is 28.9 Å². The van der Waals surface area contributed by atoms with Crippen molar-refractivity contribution in [1.82, 2.24) is 15.0 Å². The molecule has 0 radical (unpaired) electrons. The average Bonchev–Trinajstić information content (AvgIpc) is 3.27. The molecule has 1 aliphatic heterocycles. The molecule has 0 spiro atoms. The second-order valence-corrected chi connectivity index (χ2v) is 6.36. The van der Waals surface area contributed by atoms with E-state index in [1.807, 2.05) is 0 Å². The molecular weight excluding hydrogens is 386 g/mol. The van der Waals surface area contributed by atoms with Crippen LogP contribution in [0.15, 0.2) is 53.1 Å². The van der Waals surface area contributed by atoms with Gasteiger partial charge in [0.1, 0.15) is 6.54 Å². The van der Waals surface area contributed by atoms with Crippen LogP contribution in [-0.2, 0) is 16.1 Å². The van der Waals surface area contributed by atoms with Gasteiger partial charge < -0.3 is 9.26 Å². The summed E-state index contributed by atoms with van der Waals surface area (Å²) < 4.78 is 10.1. The number of carbonyl (C=O) groups excluding carboxylic acids is 3. The number of imide groups is 1. The number of amides is 2. The molecule has 0 atom stereocenters. The highest BCUT2D eigenvalue weighted by molar-refractivity contribution is 6.30. The van der Waals surface area contributed by atoms with Gasteiger partial charge in [0.05, 0.1) is 11.1 Å². The first-order valence-electron chi connectivity index (χ1n) is 8.22. The molecule has 0 unspecified atom stereocenters. The maximum Gasteiger partial charge on any atom is 0.326 e. The molecule has 1 aromatic heterocycles. The van der Waals surface area contributed by atoms with Gasteiger partial charge in [-0.05, 0) is 36.4 Å². The van der Waals surface area contributed by atoms with E-state index in [1.54, 1.807) is 36.4 Å². The predicted octanol–water partition coefficient (Wildman–Crippen LogP) is 2.73. The van der Waals surface area contributed by atoms with E-state index in [0.717, 1.165) is 4.90 Å². The third kappa shape index (κ3) is 3.37. The number of hydrogen-bond acceptors (Lipinski definition) is 7. The van der Waals surface area contributed by atoms with Crippen LogP contribution in [0.5, 0.6) is 0 Å². The van der Waals surface area contributed by atoms with Gasteiger partial charge in [0.2, 0.25) is 5.82 Å². The van der Waals surface area contributed by atoms with E-state index in [4.69, 9.17) is 20.9 Å². The zero-order chi connectivity index (χ0) is 19.7. The number of esters is 1. The zero-order valence-electron chi connectivity index (χ0n) is 14.3. The molecule has 8 nitrogen and oxygen atoms in total. The molecule has 28 heavy (non-hydrogen) atoms. The molecule has 0 aliphatic carbocycles. The summed E-state index contributed by atoms with van der Waals surface area (Å²) in [6, 6.07) is 13.2. The van der Waals surface area contributed by atoms with Crippen molar-refractivity contribution in [3.05, 3.63) is 70.6 Å². The van der Waals surface area contributed by atoms with Crippen LogP contribution in [0.4, 0.5) is 0 Å². The van der Waals surface area contributed by atoms with Crippen LogP contribution < -0.4 is 0 Å². The second kappa shape index (κ2) is 7.24. The van der Waals surface area contributed by atoms with E-state index in [2.05, 4.69) is 10.1 Å². The molecule has 3 aromatic rings. The number of aromatic nitrogens is 2. The first-order valence-corrected chi connectivity index (χ1v) is 8.60. The van der Waals surface area contributed by atoms with E-state index in [0.29, 0.717) is 16.4 Å². The van der Waals surface area contributed by atoms with Gasteiger partial charge >= 0.3 is 5.97 Å². The topological polar surface area (TPSA) is 103 Å². The van der Waals surface area contributed by atoms with E-state index >= 15 is 0 Å². The monoisotopic (exact) mass is 397 g/mol. The summed E-state index contributed by atoms with van der Waals surface area (Å²) in [5.41, 5.74) is 1.23. The maximum atomic E-state index is 12.2. The maximum absolute atomic E-state index is 12.2. The molecule has 0 saturated carbocycles. The van der Waals surface area contributed by atoms with E-state index in [9.17, 15) is 14.4 Å². The van der Waals surface area contributed by atoms with Crippen molar-refractivity contribution in [2.75, 3.05) is 6.54 Å². The van der Waals surface area contributed by atoms with Crippen molar-refractivity contribution < 1.29 is 23.6 Å². The van der Waals surface area contributed by atoms with Gasteiger partial charge in [0.15, 0.2) is 6.61 Å². The molecule has 2 amide bonds. The number of rotatable bonds is 5.